The molecular formula is C13H22FNO. The fourth-order valence-electron chi connectivity index (χ4n) is 0.907. The summed E-state index contributed by atoms with van der Waals surface area (Å²) in [7, 11) is 0. The molecule has 0 atom stereocenters. The summed E-state index contributed by atoms with van der Waals surface area (Å²) < 4.78 is 11.9. The SMILES string of the molecule is CC.CC.CC1=NC=CC(C(=O)CF)=CC1. The second-order valence-corrected chi connectivity index (χ2v) is 2.60. The lowest BCUT2D eigenvalue weighted by Gasteiger charge is -1.93. The second kappa shape index (κ2) is 11.8. The van der Waals surface area contributed by atoms with Gasteiger partial charge in [0.15, 0.2) is 12.5 Å². The van der Waals surface area contributed by atoms with E-state index >= 15 is 0 Å². The second-order valence-electron chi connectivity index (χ2n) is 2.60. The topological polar surface area (TPSA) is 29.4 Å². The van der Waals surface area contributed by atoms with Gasteiger partial charge in [-0.15, -0.1) is 0 Å². The van der Waals surface area contributed by atoms with Crippen LogP contribution in [-0.2, 0) is 4.79 Å². The molecule has 0 fully saturated rings. The average Bonchev–Trinajstić information content (AvgIpc) is 2.58. The van der Waals surface area contributed by atoms with Crippen molar-refractivity contribution in [3.63, 3.8) is 0 Å². The van der Waals surface area contributed by atoms with Crippen LogP contribution < -0.4 is 0 Å². The van der Waals surface area contributed by atoms with Crippen LogP contribution in [0.5, 0.6) is 0 Å². The standard InChI is InChI=1S/C9H10FNO.2C2H6/c1-7-2-3-8(4-5-11-7)9(12)6-10;2*1-2/h3-5H,2,6H2,1H3;2*1-2H3. The van der Waals surface area contributed by atoms with E-state index in [1.54, 1.807) is 12.2 Å². The quantitative estimate of drug-likeness (QED) is 0.704. The van der Waals surface area contributed by atoms with E-state index in [1.807, 2.05) is 34.6 Å². The number of ketones is 1. The molecular weight excluding hydrogens is 205 g/mol. The Balaban J connectivity index is 0. The number of allylic oxidation sites excluding steroid dienone is 3. The summed E-state index contributed by atoms with van der Waals surface area (Å²) >= 11 is 0. The minimum absolute atomic E-state index is 0.415. The maximum absolute atomic E-state index is 11.9. The van der Waals surface area contributed by atoms with E-state index in [1.165, 1.54) is 6.20 Å². The molecule has 0 bridgehead atoms. The van der Waals surface area contributed by atoms with Gasteiger partial charge in [-0.3, -0.25) is 9.79 Å². The van der Waals surface area contributed by atoms with E-state index < -0.39 is 12.5 Å². The zero-order valence-corrected chi connectivity index (χ0v) is 10.9. The summed E-state index contributed by atoms with van der Waals surface area (Å²) in [6.45, 7) is 8.93. The first-order chi connectivity index (χ1) is 7.74. The van der Waals surface area contributed by atoms with Gasteiger partial charge in [-0.1, -0.05) is 33.8 Å². The van der Waals surface area contributed by atoms with Crippen LogP contribution in [0.25, 0.3) is 0 Å². The van der Waals surface area contributed by atoms with E-state index in [0.717, 1.165) is 5.71 Å². The van der Waals surface area contributed by atoms with Crippen LogP contribution >= 0.6 is 0 Å². The van der Waals surface area contributed by atoms with Crippen molar-refractivity contribution in [2.24, 2.45) is 4.99 Å². The number of hydrogen-bond donors (Lipinski definition) is 0. The predicted molar refractivity (Wildman–Crippen MR) is 68.6 cm³/mol. The lowest BCUT2D eigenvalue weighted by atomic mass is 10.1. The molecule has 0 radical (unpaired) electrons. The lowest BCUT2D eigenvalue weighted by molar-refractivity contribution is -0.116. The highest BCUT2D eigenvalue weighted by atomic mass is 19.1. The third kappa shape index (κ3) is 7.10. The Hall–Kier alpha value is -1.25. The molecule has 0 spiro atoms. The summed E-state index contributed by atoms with van der Waals surface area (Å²) in [6.07, 6.45) is 5.39. The highest BCUT2D eigenvalue weighted by molar-refractivity contribution is 6.00. The van der Waals surface area contributed by atoms with Gasteiger partial charge in [-0.25, -0.2) is 4.39 Å². The van der Waals surface area contributed by atoms with Crippen molar-refractivity contribution < 1.29 is 9.18 Å². The molecule has 1 aliphatic rings. The molecule has 0 aromatic carbocycles. The van der Waals surface area contributed by atoms with Crippen LogP contribution in [0.4, 0.5) is 4.39 Å². The molecule has 92 valence electrons. The highest BCUT2D eigenvalue weighted by Gasteiger charge is 2.06. The van der Waals surface area contributed by atoms with Gasteiger partial charge in [0.05, 0.1) is 0 Å². The van der Waals surface area contributed by atoms with Crippen LogP contribution in [0, 0.1) is 0 Å². The van der Waals surface area contributed by atoms with E-state index in [-0.39, 0.29) is 0 Å². The molecule has 0 saturated carbocycles. The van der Waals surface area contributed by atoms with Crippen LogP contribution in [0.2, 0.25) is 0 Å². The van der Waals surface area contributed by atoms with Crippen molar-refractivity contribution in [2.75, 3.05) is 6.67 Å². The Morgan fingerprint density at radius 3 is 2.44 bits per heavy atom. The number of halogens is 1. The van der Waals surface area contributed by atoms with Crippen molar-refractivity contribution in [1.82, 2.24) is 0 Å². The predicted octanol–water partition coefficient (Wildman–Crippen LogP) is 3.88. The van der Waals surface area contributed by atoms with Crippen LogP contribution in [0.3, 0.4) is 0 Å². The van der Waals surface area contributed by atoms with E-state index in [2.05, 4.69) is 4.99 Å². The average molecular weight is 227 g/mol. The van der Waals surface area contributed by atoms with Gasteiger partial charge in [-0.05, 0) is 13.0 Å². The number of alkyl halides is 1. The molecule has 0 aromatic heterocycles. The van der Waals surface area contributed by atoms with Crippen LogP contribution in [0.15, 0.2) is 28.9 Å². The van der Waals surface area contributed by atoms with Gasteiger partial charge >= 0.3 is 0 Å². The largest absolute Gasteiger partial charge is 0.291 e. The fourth-order valence-corrected chi connectivity index (χ4v) is 0.907. The van der Waals surface area contributed by atoms with Crippen LogP contribution in [0.1, 0.15) is 41.0 Å². The smallest absolute Gasteiger partial charge is 0.193 e. The molecule has 0 saturated heterocycles. The summed E-state index contributed by atoms with van der Waals surface area (Å²) in [5.74, 6) is -0.476. The summed E-state index contributed by atoms with van der Waals surface area (Å²) in [5.41, 5.74) is 1.34. The lowest BCUT2D eigenvalue weighted by Crippen LogP contribution is -2.02. The van der Waals surface area contributed by atoms with Gasteiger partial charge in [0.25, 0.3) is 0 Å². The Bertz CT molecular complexity index is 278. The molecule has 3 heteroatoms. The number of Topliss-reactive ketones (excluding diaryl/α,β-unsaturated/α-hetero) is 1. The minimum Gasteiger partial charge on any atom is -0.291 e. The molecule has 0 amide bonds. The van der Waals surface area contributed by atoms with Gasteiger partial charge in [0, 0.05) is 23.9 Å². The maximum Gasteiger partial charge on any atom is 0.193 e. The third-order valence-electron chi connectivity index (χ3n) is 1.61. The van der Waals surface area contributed by atoms with E-state index in [9.17, 15) is 9.18 Å². The normalized spacial score (nSPS) is 13.1. The first-order valence-corrected chi connectivity index (χ1v) is 5.73. The molecule has 0 N–H and O–H groups in total. The number of carbonyl (C=O) groups excluding carboxylic acids is 1. The first kappa shape index (κ1) is 17.2. The van der Waals surface area contributed by atoms with Crippen molar-refractivity contribution in [3.05, 3.63) is 23.9 Å². The summed E-state index contributed by atoms with van der Waals surface area (Å²) in [6, 6.07) is 0. The van der Waals surface area contributed by atoms with Gasteiger partial charge in [0.1, 0.15) is 0 Å². The number of carbonyl (C=O) groups is 1. The van der Waals surface area contributed by atoms with E-state index in [4.69, 9.17) is 0 Å². The third-order valence-corrected chi connectivity index (χ3v) is 1.61. The maximum atomic E-state index is 11.9. The number of aliphatic imine (C=N–C) groups is 1. The Morgan fingerprint density at radius 2 is 1.94 bits per heavy atom. The first-order valence-electron chi connectivity index (χ1n) is 5.73. The van der Waals surface area contributed by atoms with Crippen molar-refractivity contribution in [3.8, 4) is 0 Å². The van der Waals surface area contributed by atoms with Crippen molar-refractivity contribution >= 4 is 11.5 Å². The summed E-state index contributed by atoms with van der Waals surface area (Å²) in [5, 5.41) is 0. The number of nitrogens with zero attached hydrogens (tertiary/aromatic N) is 1. The molecule has 0 unspecified atom stereocenters. The number of rotatable bonds is 2. The van der Waals surface area contributed by atoms with Gasteiger partial charge in [0.2, 0.25) is 0 Å². The Kier molecular flexibility index (Phi) is 12.7. The molecule has 2 nitrogen and oxygen atoms in total. The molecule has 1 aliphatic heterocycles. The molecule has 1 heterocycles. The molecule has 0 aliphatic carbocycles. The van der Waals surface area contributed by atoms with Gasteiger partial charge in [-0.2, -0.15) is 0 Å². The van der Waals surface area contributed by atoms with Crippen molar-refractivity contribution in [1.29, 1.82) is 0 Å². The molecule has 0 aromatic rings. The Labute approximate surface area is 98.0 Å². The summed E-state index contributed by atoms with van der Waals surface area (Å²) in [4.78, 5) is 14.9. The fraction of sp³-hybridized carbons (Fsp3) is 0.538. The van der Waals surface area contributed by atoms with Crippen molar-refractivity contribution in [2.45, 2.75) is 41.0 Å². The minimum atomic E-state index is -0.935. The monoisotopic (exact) mass is 227 g/mol. The Morgan fingerprint density at radius 1 is 1.38 bits per heavy atom. The number of hydrogen-bond acceptors (Lipinski definition) is 2. The molecule has 16 heavy (non-hydrogen) atoms. The highest BCUT2D eigenvalue weighted by Crippen LogP contribution is 2.06. The van der Waals surface area contributed by atoms with Gasteiger partial charge < -0.3 is 0 Å². The molecule has 1 rings (SSSR count). The zero-order chi connectivity index (χ0) is 13.0. The van der Waals surface area contributed by atoms with Crippen LogP contribution in [-0.4, -0.2) is 18.2 Å². The van der Waals surface area contributed by atoms with E-state index in [0.29, 0.717) is 12.0 Å². The zero-order valence-electron chi connectivity index (χ0n) is 10.9.